The molecule has 15 heavy (non-hydrogen) atoms. The lowest BCUT2D eigenvalue weighted by molar-refractivity contribution is -0.139. The van der Waals surface area contributed by atoms with E-state index in [1.54, 1.807) is 0 Å². The van der Waals surface area contributed by atoms with Gasteiger partial charge in [-0.2, -0.15) is 0 Å². The Balaban J connectivity index is 3.98. The highest BCUT2D eigenvalue weighted by atomic mass is 16.4. The van der Waals surface area contributed by atoms with Gasteiger partial charge < -0.3 is 10.4 Å². The fourth-order valence-electron chi connectivity index (χ4n) is 1.80. The Morgan fingerprint density at radius 2 is 1.93 bits per heavy atom. The Labute approximate surface area is 93.3 Å². The molecule has 2 atom stereocenters. The van der Waals surface area contributed by atoms with Crippen molar-refractivity contribution in [1.82, 2.24) is 5.32 Å². The van der Waals surface area contributed by atoms with Crippen molar-refractivity contribution in [1.29, 1.82) is 0 Å². The van der Waals surface area contributed by atoms with Gasteiger partial charge in [-0.15, -0.1) is 0 Å². The number of carboxylic acids is 1. The summed E-state index contributed by atoms with van der Waals surface area (Å²) in [4.78, 5) is 11.0. The average Bonchev–Trinajstić information content (AvgIpc) is 2.10. The largest absolute Gasteiger partial charge is 0.480 e. The van der Waals surface area contributed by atoms with Crippen molar-refractivity contribution >= 4 is 5.97 Å². The molecule has 0 spiro atoms. The maximum absolute atomic E-state index is 11.0. The fourth-order valence-corrected chi connectivity index (χ4v) is 1.80. The molecule has 90 valence electrons. The lowest BCUT2D eigenvalue weighted by atomic mass is 10.0. The zero-order chi connectivity index (χ0) is 11.8. The van der Waals surface area contributed by atoms with Gasteiger partial charge in [-0.25, -0.2) is 0 Å². The number of rotatable bonds is 8. The summed E-state index contributed by atoms with van der Waals surface area (Å²) in [5, 5.41) is 12.2. The standard InChI is InChI=1S/C12H25NO2/c1-5-6-7-11(12(14)15)13-10(4)8-9(2)3/h9-11,13H,5-8H2,1-4H3,(H,14,15). The Kier molecular flexibility index (Phi) is 7.39. The first-order valence-corrected chi connectivity index (χ1v) is 5.96. The van der Waals surface area contributed by atoms with Crippen LogP contribution in [0.4, 0.5) is 0 Å². The van der Waals surface area contributed by atoms with Gasteiger partial charge in [0.25, 0.3) is 0 Å². The normalized spacial score (nSPS) is 15.3. The molecule has 3 heteroatoms. The Morgan fingerprint density at radius 1 is 1.33 bits per heavy atom. The van der Waals surface area contributed by atoms with E-state index in [1.165, 1.54) is 0 Å². The average molecular weight is 215 g/mol. The van der Waals surface area contributed by atoms with E-state index < -0.39 is 5.97 Å². The molecule has 0 saturated heterocycles. The minimum atomic E-state index is -0.723. The van der Waals surface area contributed by atoms with Gasteiger partial charge in [0.15, 0.2) is 0 Å². The molecule has 0 bridgehead atoms. The first kappa shape index (κ1) is 14.4. The van der Waals surface area contributed by atoms with Crippen molar-refractivity contribution in [3.05, 3.63) is 0 Å². The molecule has 0 heterocycles. The maximum Gasteiger partial charge on any atom is 0.320 e. The van der Waals surface area contributed by atoms with Crippen LogP contribution in [0.25, 0.3) is 0 Å². The molecule has 0 aromatic heterocycles. The minimum absolute atomic E-state index is 0.281. The molecule has 0 amide bonds. The Hall–Kier alpha value is -0.570. The summed E-state index contributed by atoms with van der Waals surface area (Å²) >= 11 is 0. The second-order valence-corrected chi connectivity index (χ2v) is 4.73. The molecule has 0 aliphatic carbocycles. The fraction of sp³-hybridized carbons (Fsp3) is 0.917. The van der Waals surface area contributed by atoms with Crippen LogP contribution in [0, 0.1) is 5.92 Å². The quantitative estimate of drug-likeness (QED) is 0.654. The summed E-state index contributed by atoms with van der Waals surface area (Å²) in [6, 6.07) is -0.0957. The second kappa shape index (κ2) is 7.69. The highest BCUT2D eigenvalue weighted by Crippen LogP contribution is 2.07. The van der Waals surface area contributed by atoms with Gasteiger partial charge in [0.1, 0.15) is 6.04 Å². The van der Waals surface area contributed by atoms with E-state index in [0.717, 1.165) is 25.7 Å². The highest BCUT2D eigenvalue weighted by Gasteiger charge is 2.18. The number of carboxylic acid groups (broad SMARTS) is 1. The predicted octanol–water partition coefficient (Wildman–Crippen LogP) is 2.65. The van der Waals surface area contributed by atoms with Crippen LogP contribution >= 0.6 is 0 Å². The third-order valence-corrected chi connectivity index (χ3v) is 2.46. The molecule has 0 saturated carbocycles. The third kappa shape index (κ3) is 7.37. The van der Waals surface area contributed by atoms with Gasteiger partial charge in [0, 0.05) is 6.04 Å². The van der Waals surface area contributed by atoms with Crippen LogP contribution in [0.15, 0.2) is 0 Å². The van der Waals surface area contributed by atoms with E-state index in [2.05, 4.69) is 33.0 Å². The molecular weight excluding hydrogens is 190 g/mol. The lowest BCUT2D eigenvalue weighted by Gasteiger charge is -2.21. The SMILES string of the molecule is CCCCC(NC(C)CC(C)C)C(=O)O. The number of unbranched alkanes of at least 4 members (excludes halogenated alkanes) is 1. The summed E-state index contributed by atoms with van der Waals surface area (Å²) in [5.41, 5.74) is 0. The molecule has 2 N–H and O–H groups in total. The highest BCUT2D eigenvalue weighted by molar-refractivity contribution is 5.73. The van der Waals surface area contributed by atoms with E-state index >= 15 is 0 Å². The van der Waals surface area contributed by atoms with Crippen LogP contribution in [-0.2, 0) is 4.79 Å². The molecule has 0 rings (SSSR count). The molecule has 0 aromatic carbocycles. The molecular formula is C12H25NO2. The van der Waals surface area contributed by atoms with Crippen LogP contribution < -0.4 is 5.32 Å². The van der Waals surface area contributed by atoms with Gasteiger partial charge in [0.05, 0.1) is 0 Å². The third-order valence-electron chi connectivity index (χ3n) is 2.46. The van der Waals surface area contributed by atoms with Crippen molar-refractivity contribution in [2.24, 2.45) is 5.92 Å². The molecule has 3 nitrogen and oxygen atoms in total. The van der Waals surface area contributed by atoms with Crippen LogP contribution in [0.1, 0.15) is 53.4 Å². The molecule has 2 unspecified atom stereocenters. The van der Waals surface area contributed by atoms with Crippen molar-refractivity contribution in [2.45, 2.75) is 65.5 Å². The molecule has 0 fully saturated rings. The molecule has 0 aliphatic rings. The van der Waals surface area contributed by atoms with Gasteiger partial charge in [0.2, 0.25) is 0 Å². The maximum atomic E-state index is 11.0. The van der Waals surface area contributed by atoms with Gasteiger partial charge in [-0.1, -0.05) is 33.6 Å². The number of hydrogen-bond donors (Lipinski definition) is 2. The summed E-state index contributed by atoms with van der Waals surface area (Å²) in [6.45, 7) is 8.44. The van der Waals surface area contributed by atoms with Crippen molar-refractivity contribution < 1.29 is 9.90 Å². The van der Waals surface area contributed by atoms with Gasteiger partial charge in [-0.05, 0) is 25.7 Å². The summed E-state index contributed by atoms with van der Waals surface area (Å²) < 4.78 is 0. The number of nitrogens with one attached hydrogen (secondary N) is 1. The van der Waals surface area contributed by atoms with Gasteiger partial charge >= 0.3 is 5.97 Å². The second-order valence-electron chi connectivity index (χ2n) is 4.73. The van der Waals surface area contributed by atoms with E-state index in [-0.39, 0.29) is 12.1 Å². The molecule has 0 aromatic rings. The van der Waals surface area contributed by atoms with Crippen LogP contribution in [-0.4, -0.2) is 23.2 Å². The van der Waals surface area contributed by atoms with E-state index in [4.69, 9.17) is 5.11 Å². The number of aliphatic carboxylic acids is 1. The van der Waals surface area contributed by atoms with Gasteiger partial charge in [-0.3, -0.25) is 4.79 Å². The first-order valence-electron chi connectivity index (χ1n) is 5.96. The first-order chi connectivity index (χ1) is 6.97. The van der Waals surface area contributed by atoms with E-state index in [0.29, 0.717) is 5.92 Å². The number of carbonyl (C=O) groups is 1. The van der Waals surface area contributed by atoms with E-state index in [9.17, 15) is 4.79 Å². The van der Waals surface area contributed by atoms with Crippen LogP contribution in [0.3, 0.4) is 0 Å². The molecule has 0 aliphatic heterocycles. The number of hydrogen-bond acceptors (Lipinski definition) is 2. The monoisotopic (exact) mass is 215 g/mol. The topological polar surface area (TPSA) is 49.3 Å². The van der Waals surface area contributed by atoms with Crippen LogP contribution in [0.5, 0.6) is 0 Å². The van der Waals surface area contributed by atoms with Crippen molar-refractivity contribution in [3.8, 4) is 0 Å². The Bertz CT molecular complexity index is 180. The Morgan fingerprint density at radius 3 is 2.33 bits per heavy atom. The lowest BCUT2D eigenvalue weighted by Crippen LogP contribution is -2.42. The smallest absolute Gasteiger partial charge is 0.320 e. The summed E-state index contributed by atoms with van der Waals surface area (Å²) in [6.07, 6.45) is 3.77. The van der Waals surface area contributed by atoms with Crippen molar-refractivity contribution in [3.63, 3.8) is 0 Å². The summed E-state index contributed by atoms with van der Waals surface area (Å²) in [5.74, 6) is -0.118. The zero-order valence-electron chi connectivity index (χ0n) is 10.4. The minimum Gasteiger partial charge on any atom is -0.480 e. The summed E-state index contributed by atoms with van der Waals surface area (Å²) in [7, 11) is 0. The van der Waals surface area contributed by atoms with E-state index in [1.807, 2.05) is 0 Å². The van der Waals surface area contributed by atoms with Crippen molar-refractivity contribution in [2.75, 3.05) is 0 Å². The zero-order valence-corrected chi connectivity index (χ0v) is 10.4. The predicted molar refractivity (Wildman–Crippen MR) is 63.0 cm³/mol. The van der Waals surface area contributed by atoms with Crippen LogP contribution in [0.2, 0.25) is 0 Å². The molecule has 0 radical (unpaired) electrons.